The topological polar surface area (TPSA) is 49.8 Å². The van der Waals surface area contributed by atoms with Crippen LogP contribution >= 0.6 is 22.6 Å². The molecule has 2 aromatic carbocycles. The summed E-state index contributed by atoms with van der Waals surface area (Å²) < 4.78 is 6.72. The SMILES string of the molecule is CC(C)(I)C1CCC(Oc2ccc3cc(CN4CCC(C(=O)O)CC4)ccc3c2)CC1. The van der Waals surface area contributed by atoms with Gasteiger partial charge in [0.2, 0.25) is 0 Å². The summed E-state index contributed by atoms with van der Waals surface area (Å²) in [4.78, 5) is 13.5. The molecule has 0 amide bonds. The van der Waals surface area contributed by atoms with Gasteiger partial charge in [-0.1, -0.05) is 54.6 Å². The summed E-state index contributed by atoms with van der Waals surface area (Å²) >= 11 is 2.59. The molecule has 0 spiro atoms. The highest BCUT2D eigenvalue weighted by atomic mass is 127. The molecule has 2 aromatic rings. The van der Waals surface area contributed by atoms with Crippen LogP contribution in [-0.2, 0) is 11.3 Å². The second kappa shape index (κ2) is 9.65. The maximum atomic E-state index is 11.1. The van der Waals surface area contributed by atoms with Crippen molar-refractivity contribution in [2.75, 3.05) is 13.1 Å². The Bertz CT molecular complexity index is 906. The third kappa shape index (κ3) is 5.92. The molecule has 4 nitrogen and oxygen atoms in total. The predicted octanol–water partition coefficient (Wildman–Crippen LogP) is 6.29. The first-order chi connectivity index (χ1) is 14.8. The second-order valence-corrected chi connectivity index (χ2v) is 12.7. The molecule has 1 saturated carbocycles. The lowest BCUT2D eigenvalue weighted by atomic mass is 9.80. The molecule has 2 fully saturated rings. The molecule has 1 saturated heterocycles. The summed E-state index contributed by atoms with van der Waals surface area (Å²) in [6.45, 7) is 7.29. The molecule has 1 aliphatic carbocycles. The van der Waals surface area contributed by atoms with Crippen LogP contribution in [0.1, 0.15) is 57.9 Å². The average Bonchev–Trinajstić information content (AvgIpc) is 2.74. The molecule has 168 valence electrons. The fourth-order valence-electron chi connectivity index (χ4n) is 5.10. The van der Waals surface area contributed by atoms with E-state index < -0.39 is 5.97 Å². The van der Waals surface area contributed by atoms with E-state index in [1.54, 1.807) is 0 Å². The van der Waals surface area contributed by atoms with Crippen molar-refractivity contribution in [1.29, 1.82) is 0 Å². The highest BCUT2D eigenvalue weighted by molar-refractivity contribution is 14.1. The van der Waals surface area contributed by atoms with Crippen LogP contribution in [0.15, 0.2) is 36.4 Å². The second-order valence-electron chi connectivity index (χ2n) is 9.89. The number of piperidine rings is 1. The van der Waals surface area contributed by atoms with Crippen LogP contribution in [0.4, 0.5) is 0 Å². The van der Waals surface area contributed by atoms with E-state index in [-0.39, 0.29) is 5.92 Å². The number of aliphatic carboxylic acids is 1. The molecule has 0 atom stereocenters. The Labute approximate surface area is 199 Å². The smallest absolute Gasteiger partial charge is 0.306 e. The van der Waals surface area contributed by atoms with Gasteiger partial charge in [0, 0.05) is 9.97 Å². The summed E-state index contributed by atoms with van der Waals surface area (Å²) in [5, 5.41) is 11.6. The number of fused-ring (bicyclic) bond motifs is 1. The van der Waals surface area contributed by atoms with Gasteiger partial charge >= 0.3 is 5.97 Å². The lowest BCUT2D eigenvalue weighted by Gasteiger charge is -2.35. The normalized spacial score (nSPS) is 23.7. The third-order valence-electron chi connectivity index (χ3n) is 7.17. The highest BCUT2D eigenvalue weighted by Crippen LogP contribution is 2.39. The highest BCUT2D eigenvalue weighted by Gasteiger charge is 2.31. The molecule has 5 heteroatoms. The Balaban J connectivity index is 1.34. The Morgan fingerprint density at radius 2 is 1.68 bits per heavy atom. The van der Waals surface area contributed by atoms with E-state index in [4.69, 9.17) is 4.74 Å². The number of nitrogens with zero attached hydrogens (tertiary/aromatic N) is 1. The van der Waals surface area contributed by atoms with Crippen LogP contribution in [0.5, 0.6) is 5.75 Å². The van der Waals surface area contributed by atoms with Gasteiger partial charge < -0.3 is 9.84 Å². The molecular formula is C26H34INO3. The van der Waals surface area contributed by atoms with Gasteiger partial charge in [0.15, 0.2) is 0 Å². The molecule has 1 N–H and O–H groups in total. The van der Waals surface area contributed by atoms with E-state index in [0.29, 0.717) is 9.53 Å². The van der Waals surface area contributed by atoms with E-state index in [1.807, 2.05) is 0 Å². The number of likely N-dealkylation sites (tertiary alicyclic amines) is 1. The maximum Gasteiger partial charge on any atom is 0.306 e. The van der Waals surface area contributed by atoms with Crippen molar-refractivity contribution in [2.45, 2.75) is 68.4 Å². The van der Waals surface area contributed by atoms with Gasteiger partial charge in [0.25, 0.3) is 0 Å². The van der Waals surface area contributed by atoms with Crippen molar-refractivity contribution < 1.29 is 14.6 Å². The fourth-order valence-corrected chi connectivity index (χ4v) is 5.72. The number of carboxylic acid groups (broad SMARTS) is 1. The van der Waals surface area contributed by atoms with Gasteiger partial charge in [-0.25, -0.2) is 0 Å². The Kier molecular flexibility index (Phi) is 7.11. The van der Waals surface area contributed by atoms with Gasteiger partial charge in [0.1, 0.15) is 5.75 Å². The molecule has 0 radical (unpaired) electrons. The van der Waals surface area contributed by atoms with Crippen molar-refractivity contribution in [3.63, 3.8) is 0 Å². The predicted molar refractivity (Wildman–Crippen MR) is 134 cm³/mol. The fraction of sp³-hybridized carbons (Fsp3) is 0.577. The van der Waals surface area contributed by atoms with Crippen LogP contribution in [0.25, 0.3) is 10.8 Å². The first kappa shape index (κ1) is 22.8. The van der Waals surface area contributed by atoms with Crippen LogP contribution in [0.3, 0.4) is 0 Å². The number of hydrogen-bond donors (Lipinski definition) is 1. The van der Waals surface area contributed by atoms with Gasteiger partial charge in [-0.3, -0.25) is 9.69 Å². The van der Waals surface area contributed by atoms with Gasteiger partial charge in [-0.15, -0.1) is 0 Å². The number of rotatable bonds is 6. The quantitative estimate of drug-likeness (QED) is 0.349. The number of carboxylic acids is 1. The molecular weight excluding hydrogens is 501 g/mol. The van der Waals surface area contributed by atoms with E-state index in [9.17, 15) is 9.90 Å². The minimum absolute atomic E-state index is 0.172. The summed E-state index contributed by atoms with van der Waals surface area (Å²) in [6, 6.07) is 13.1. The third-order valence-corrected chi connectivity index (χ3v) is 8.05. The van der Waals surface area contributed by atoms with Crippen molar-refractivity contribution >= 4 is 39.3 Å². The van der Waals surface area contributed by atoms with E-state index in [1.165, 1.54) is 29.2 Å². The first-order valence-corrected chi connectivity index (χ1v) is 12.7. The maximum absolute atomic E-state index is 11.1. The molecule has 1 aliphatic heterocycles. The lowest BCUT2D eigenvalue weighted by molar-refractivity contribution is -0.143. The van der Waals surface area contributed by atoms with Crippen LogP contribution < -0.4 is 4.74 Å². The monoisotopic (exact) mass is 535 g/mol. The van der Waals surface area contributed by atoms with Crippen LogP contribution in [0.2, 0.25) is 0 Å². The largest absolute Gasteiger partial charge is 0.490 e. The lowest BCUT2D eigenvalue weighted by Crippen LogP contribution is -2.35. The van der Waals surface area contributed by atoms with Crippen molar-refractivity contribution in [1.82, 2.24) is 4.90 Å². The summed E-state index contributed by atoms with van der Waals surface area (Å²) in [7, 11) is 0. The Morgan fingerprint density at radius 3 is 2.32 bits per heavy atom. The van der Waals surface area contributed by atoms with E-state index in [0.717, 1.165) is 57.0 Å². The molecule has 1 heterocycles. The van der Waals surface area contributed by atoms with E-state index >= 15 is 0 Å². The molecule has 2 aliphatic rings. The molecule has 0 bridgehead atoms. The van der Waals surface area contributed by atoms with E-state index in [2.05, 4.69) is 77.7 Å². The number of alkyl halides is 1. The number of hydrogen-bond acceptors (Lipinski definition) is 3. The number of carbonyl (C=O) groups is 1. The number of halogens is 1. The minimum Gasteiger partial charge on any atom is -0.490 e. The first-order valence-electron chi connectivity index (χ1n) is 11.6. The summed E-state index contributed by atoms with van der Waals surface area (Å²) in [6.07, 6.45) is 6.63. The molecule has 31 heavy (non-hydrogen) atoms. The van der Waals surface area contributed by atoms with Crippen LogP contribution in [0, 0.1) is 11.8 Å². The summed E-state index contributed by atoms with van der Waals surface area (Å²) in [5.74, 6) is 0.950. The molecule has 4 rings (SSSR count). The number of benzene rings is 2. The molecule has 0 unspecified atom stereocenters. The summed E-state index contributed by atoms with van der Waals surface area (Å²) in [5.41, 5.74) is 1.29. The van der Waals surface area contributed by atoms with Gasteiger partial charge in [0.05, 0.1) is 12.0 Å². The zero-order valence-electron chi connectivity index (χ0n) is 18.6. The Hall–Kier alpha value is -1.34. The van der Waals surface area contributed by atoms with Crippen molar-refractivity contribution in [3.8, 4) is 5.75 Å². The van der Waals surface area contributed by atoms with Gasteiger partial charge in [-0.2, -0.15) is 0 Å². The van der Waals surface area contributed by atoms with Crippen molar-refractivity contribution in [2.24, 2.45) is 11.8 Å². The Morgan fingerprint density at radius 1 is 1.03 bits per heavy atom. The number of ether oxygens (including phenoxy) is 1. The van der Waals surface area contributed by atoms with Crippen molar-refractivity contribution in [3.05, 3.63) is 42.0 Å². The van der Waals surface area contributed by atoms with Crippen LogP contribution in [-0.4, -0.2) is 38.6 Å². The minimum atomic E-state index is -0.648. The van der Waals surface area contributed by atoms with Gasteiger partial charge in [-0.05, 0) is 92.1 Å². The molecule has 0 aromatic heterocycles. The zero-order valence-corrected chi connectivity index (χ0v) is 20.8. The average molecular weight is 535 g/mol. The standard InChI is InChI=1S/C26H34INO3/c1-26(2,27)22-6-9-23(10-7-22)31-24-8-5-20-15-18(3-4-21(20)16-24)17-28-13-11-19(12-14-28)25(29)30/h3-5,8,15-16,19,22-23H,6-7,9-14,17H2,1-2H3,(H,29,30). The zero-order chi connectivity index (χ0) is 22.0.